The zero-order valence-corrected chi connectivity index (χ0v) is 13.8. The van der Waals surface area contributed by atoms with E-state index in [0.717, 1.165) is 16.7 Å². The van der Waals surface area contributed by atoms with Crippen molar-refractivity contribution in [2.45, 2.75) is 19.7 Å². The highest BCUT2D eigenvalue weighted by atomic mass is 16.7. The zero-order valence-electron chi connectivity index (χ0n) is 13.8. The van der Waals surface area contributed by atoms with E-state index in [0.29, 0.717) is 19.7 Å². The summed E-state index contributed by atoms with van der Waals surface area (Å²) in [5, 5.41) is 7.01. The van der Waals surface area contributed by atoms with Crippen LogP contribution in [0, 0.1) is 0 Å². The van der Waals surface area contributed by atoms with E-state index < -0.39 is 0 Å². The Bertz CT molecular complexity index is 788. The van der Waals surface area contributed by atoms with Crippen LogP contribution in [-0.4, -0.2) is 15.8 Å². The number of amides is 2. The van der Waals surface area contributed by atoms with Gasteiger partial charge in [-0.2, -0.15) is 5.10 Å². The van der Waals surface area contributed by atoms with Crippen molar-refractivity contribution < 1.29 is 9.63 Å². The maximum absolute atomic E-state index is 11.9. The molecule has 0 radical (unpaired) electrons. The number of benzene rings is 2. The number of aromatic nitrogens is 2. The second-order valence-corrected chi connectivity index (χ2v) is 5.53. The summed E-state index contributed by atoms with van der Waals surface area (Å²) >= 11 is 0. The molecule has 3 aromatic rings. The molecule has 0 fully saturated rings. The fraction of sp³-hybridized carbons (Fsp3) is 0.158. The third-order valence-electron chi connectivity index (χ3n) is 3.70. The minimum atomic E-state index is -0.371. The van der Waals surface area contributed by atoms with Gasteiger partial charge in [0.15, 0.2) is 0 Å². The molecule has 6 heteroatoms. The number of urea groups is 1. The number of carbonyl (C=O) groups excluding carboxylic acids is 1. The molecular formula is C19H20N4O2. The summed E-state index contributed by atoms with van der Waals surface area (Å²) in [6.07, 6.45) is 3.66. The first-order valence-electron chi connectivity index (χ1n) is 8.05. The maximum atomic E-state index is 11.9. The summed E-state index contributed by atoms with van der Waals surface area (Å²) in [6, 6.07) is 19.1. The minimum Gasteiger partial charge on any atom is -0.332 e. The molecule has 1 heterocycles. The Kier molecular flexibility index (Phi) is 5.79. The van der Waals surface area contributed by atoms with Gasteiger partial charge in [-0.1, -0.05) is 54.6 Å². The molecule has 2 amide bonds. The van der Waals surface area contributed by atoms with E-state index in [9.17, 15) is 4.79 Å². The molecule has 0 spiro atoms. The van der Waals surface area contributed by atoms with Gasteiger partial charge < -0.3 is 5.32 Å². The first kappa shape index (κ1) is 16.7. The van der Waals surface area contributed by atoms with E-state index in [1.807, 2.05) is 71.5 Å². The van der Waals surface area contributed by atoms with Gasteiger partial charge in [-0.25, -0.2) is 10.3 Å². The third-order valence-corrected chi connectivity index (χ3v) is 3.70. The third kappa shape index (κ3) is 5.19. The monoisotopic (exact) mass is 336 g/mol. The van der Waals surface area contributed by atoms with Gasteiger partial charge in [0.25, 0.3) is 0 Å². The number of nitrogens with one attached hydrogen (secondary N) is 2. The Morgan fingerprint density at radius 1 is 1.00 bits per heavy atom. The molecule has 0 bridgehead atoms. The fourth-order valence-corrected chi connectivity index (χ4v) is 2.42. The molecule has 6 nitrogen and oxygen atoms in total. The number of hydroxylamine groups is 1. The van der Waals surface area contributed by atoms with Crippen molar-refractivity contribution in [2.24, 2.45) is 0 Å². The Morgan fingerprint density at radius 2 is 1.76 bits per heavy atom. The molecule has 0 aliphatic rings. The van der Waals surface area contributed by atoms with Crippen LogP contribution < -0.4 is 10.8 Å². The van der Waals surface area contributed by atoms with Crippen LogP contribution in [-0.2, 0) is 24.5 Å². The van der Waals surface area contributed by atoms with Crippen molar-refractivity contribution in [1.82, 2.24) is 20.6 Å². The summed E-state index contributed by atoms with van der Waals surface area (Å²) in [4.78, 5) is 17.1. The molecule has 2 N–H and O–H groups in total. The van der Waals surface area contributed by atoms with Crippen molar-refractivity contribution in [3.05, 3.63) is 89.7 Å². The first-order valence-corrected chi connectivity index (χ1v) is 8.05. The van der Waals surface area contributed by atoms with Crippen LogP contribution in [0.5, 0.6) is 0 Å². The van der Waals surface area contributed by atoms with Crippen LogP contribution in [0.1, 0.15) is 16.7 Å². The second kappa shape index (κ2) is 8.65. The zero-order chi connectivity index (χ0) is 17.3. The fourth-order valence-electron chi connectivity index (χ4n) is 2.42. The highest BCUT2D eigenvalue weighted by Gasteiger charge is 2.05. The molecule has 25 heavy (non-hydrogen) atoms. The molecule has 0 saturated carbocycles. The van der Waals surface area contributed by atoms with E-state index in [1.54, 1.807) is 6.20 Å². The van der Waals surface area contributed by atoms with Gasteiger partial charge in [-0.05, 0) is 22.8 Å². The Morgan fingerprint density at radius 3 is 2.52 bits per heavy atom. The van der Waals surface area contributed by atoms with Crippen LogP contribution in [0.3, 0.4) is 0 Å². The summed E-state index contributed by atoms with van der Waals surface area (Å²) in [5.74, 6) is 0. The van der Waals surface area contributed by atoms with E-state index in [-0.39, 0.29) is 6.03 Å². The maximum Gasteiger partial charge on any atom is 0.338 e. The van der Waals surface area contributed by atoms with Gasteiger partial charge in [0, 0.05) is 18.9 Å². The number of carbonyl (C=O) groups is 1. The highest BCUT2D eigenvalue weighted by Crippen LogP contribution is 2.10. The van der Waals surface area contributed by atoms with Crippen molar-refractivity contribution in [2.75, 3.05) is 0 Å². The van der Waals surface area contributed by atoms with Gasteiger partial charge in [0.2, 0.25) is 0 Å². The predicted octanol–water partition coefficient (Wildman–Crippen LogP) is 2.86. The summed E-state index contributed by atoms with van der Waals surface area (Å²) in [5.41, 5.74) is 5.54. The molecule has 0 unspecified atom stereocenters. The van der Waals surface area contributed by atoms with Gasteiger partial charge in [-0.3, -0.25) is 9.52 Å². The minimum absolute atomic E-state index is 0.324. The van der Waals surface area contributed by atoms with Crippen LogP contribution in [0.2, 0.25) is 0 Å². The average molecular weight is 336 g/mol. The first-order chi connectivity index (χ1) is 12.3. The molecule has 2 aromatic carbocycles. The Hall–Kier alpha value is -3.12. The van der Waals surface area contributed by atoms with E-state index in [1.165, 1.54) is 0 Å². The molecular weight excluding hydrogens is 316 g/mol. The largest absolute Gasteiger partial charge is 0.338 e. The molecule has 1 aromatic heterocycles. The van der Waals surface area contributed by atoms with Gasteiger partial charge >= 0.3 is 6.03 Å². The van der Waals surface area contributed by atoms with E-state index in [2.05, 4.69) is 15.9 Å². The second-order valence-electron chi connectivity index (χ2n) is 5.53. The molecule has 3 rings (SSSR count). The Labute approximate surface area is 146 Å². The number of rotatable bonds is 7. The average Bonchev–Trinajstić information content (AvgIpc) is 3.15. The molecule has 0 saturated heterocycles. The van der Waals surface area contributed by atoms with E-state index in [4.69, 9.17) is 4.84 Å². The summed E-state index contributed by atoms with van der Waals surface area (Å²) in [7, 11) is 0. The molecule has 128 valence electrons. The standard InChI is InChI=1S/C19H20N4O2/c24-19(22-25-15-16-7-2-1-3-8-16)20-13-17-9-4-5-10-18(17)14-23-12-6-11-21-23/h1-12H,13-15H2,(H2,20,22,24). The lowest BCUT2D eigenvalue weighted by Gasteiger charge is -2.12. The van der Waals surface area contributed by atoms with Gasteiger partial charge in [-0.15, -0.1) is 0 Å². The Balaban J connectivity index is 1.47. The predicted molar refractivity (Wildman–Crippen MR) is 94.4 cm³/mol. The SMILES string of the molecule is O=C(NCc1ccccc1Cn1cccn1)NOCc1ccccc1. The van der Waals surface area contributed by atoms with E-state index >= 15 is 0 Å². The van der Waals surface area contributed by atoms with Crippen LogP contribution in [0.4, 0.5) is 4.79 Å². The number of hydrogen-bond donors (Lipinski definition) is 2. The summed E-state index contributed by atoms with van der Waals surface area (Å²) in [6.45, 7) is 1.40. The smallest absolute Gasteiger partial charge is 0.332 e. The molecule has 0 atom stereocenters. The summed E-state index contributed by atoms with van der Waals surface area (Å²) < 4.78 is 1.85. The molecule has 0 aliphatic heterocycles. The van der Waals surface area contributed by atoms with Crippen LogP contribution >= 0.6 is 0 Å². The topological polar surface area (TPSA) is 68.2 Å². The van der Waals surface area contributed by atoms with Crippen LogP contribution in [0.15, 0.2) is 73.1 Å². The lowest BCUT2D eigenvalue weighted by Crippen LogP contribution is -2.35. The van der Waals surface area contributed by atoms with Gasteiger partial charge in [0.05, 0.1) is 13.2 Å². The van der Waals surface area contributed by atoms with Crippen molar-refractivity contribution in [3.8, 4) is 0 Å². The number of hydrogen-bond acceptors (Lipinski definition) is 3. The number of nitrogens with zero attached hydrogens (tertiary/aromatic N) is 2. The normalized spacial score (nSPS) is 10.4. The molecule has 0 aliphatic carbocycles. The van der Waals surface area contributed by atoms with Crippen molar-refractivity contribution >= 4 is 6.03 Å². The quantitative estimate of drug-likeness (QED) is 0.652. The van der Waals surface area contributed by atoms with Gasteiger partial charge in [0.1, 0.15) is 0 Å². The lowest BCUT2D eigenvalue weighted by atomic mass is 10.1. The van der Waals surface area contributed by atoms with Crippen molar-refractivity contribution in [3.63, 3.8) is 0 Å². The lowest BCUT2D eigenvalue weighted by molar-refractivity contribution is 0.0489. The van der Waals surface area contributed by atoms with Crippen molar-refractivity contribution in [1.29, 1.82) is 0 Å². The van der Waals surface area contributed by atoms with Crippen LogP contribution in [0.25, 0.3) is 0 Å². The highest BCUT2D eigenvalue weighted by molar-refractivity contribution is 5.72.